The van der Waals surface area contributed by atoms with Crippen molar-refractivity contribution in [2.75, 3.05) is 5.73 Å². The lowest BCUT2D eigenvalue weighted by Crippen LogP contribution is -2.06. The van der Waals surface area contributed by atoms with Gasteiger partial charge >= 0.3 is 0 Å². The predicted octanol–water partition coefficient (Wildman–Crippen LogP) is 7.83. The van der Waals surface area contributed by atoms with Crippen molar-refractivity contribution in [1.29, 1.82) is 0 Å². The van der Waals surface area contributed by atoms with Gasteiger partial charge in [0, 0.05) is 0 Å². The molecule has 2 aromatic rings. The number of unbranched alkanes of at least 4 members (excludes halogenated alkanes) is 1. The number of hydrogen-bond acceptors (Lipinski definition) is 3. The molecule has 0 aliphatic carbocycles. The Labute approximate surface area is 192 Å². The van der Waals surface area contributed by atoms with Gasteiger partial charge in [0.25, 0.3) is 0 Å². The Morgan fingerprint density at radius 3 is 1.84 bits per heavy atom. The predicted molar refractivity (Wildman–Crippen MR) is 139 cm³/mol. The maximum atomic E-state index is 5.89. The Bertz CT molecular complexity index is 723. The molecule has 3 heteroatoms. The van der Waals surface area contributed by atoms with Crippen molar-refractivity contribution in [2.24, 2.45) is 5.92 Å². The van der Waals surface area contributed by atoms with Crippen molar-refractivity contribution >= 4 is 5.69 Å². The maximum absolute atomic E-state index is 5.89. The summed E-state index contributed by atoms with van der Waals surface area (Å²) >= 11 is 0. The second kappa shape index (κ2) is 16.5. The number of rotatable bonds is 8. The number of benzene rings is 1. The van der Waals surface area contributed by atoms with Gasteiger partial charge in [-0.1, -0.05) is 70.9 Å². The number of nitrogens with two attached hydrogens (primary N) is 1. The molecule has 174 valence electrons. The Morgan fingerprint density at radius 2 is 1.48 bits per heavy atom. The molecule has 0 fully saturated rings. The number of aromatic nitrogens is 2. The molecule has 0 unspecified atom stereocenters. The van der Waals surface area contributed by atoms with Crippen molar-refractivity contribution in [2.45, 2.75) is 100 Å². The van der Waals surface area contributed by atoms with Gasteiger partial charge in [0.1, 0.15) is 0 Å². The summed E-state index contributed by atoms with van der Waals surface area (Å²) in [5, 5.41) is 8.22. The summed E-state index contributed by atoms with van der Waals surface area (Å²) in [6, 6.07) is 8.83. The first kappa shape index (κ1) is 28.8. The van der Waals surface area contributed by atoms with Gasteiger partial charge in [0.2, 0.25) is 0 Å². The Kier molecular flexibility index (Phi) is 15.4. The van der Waals surface area contributed by atoms with E-state index >= 15 is 0 Å². The highest BCUT2D eigenvalue weighted by atomic mass is 15.1. The molecular formula is C28H47N3. The van der Waals surface area contributed by atoms with Crippen LogP contribution in [0.5, 0.6) is 0 Å². The fourth-order valence-corrected chi connectivity index (χ4v) is 2.84. The third-order valence-corrected chi connectivity index (χ3v) is 5.30. The lowest BCUT2D eigenvalue weighted by Gasteiger charge is -2.09. The zero-order valence-electron chi connectivity index (χ0n) is 21.5. The van der Waals surface area contributed by atoms with E-state index in [1.165, 1.54) is 36.0 Å². The number of aryl methyl sites for hydroxylation is 4. The van der Waals surface area contributed by atoms with Crippen molar-refractivity contribution in [1.82, 2.24) is 10.2 Å². The minimum Gasteiger partial charge on any atom is -0.397 e. The summed E-state index contributed by atoms with van der Waals surface area (Å²) in [5.41, 5.74) is 13.8. The maximum Gasteiger partial charge on any atom is 0.0831 e. The first-order valence-corrected chi connectivity index (χ1v) is 12.0. The van der Waals surface area contributed by atoms with Gasteiger partial charge in [0.15, 0.2) is 0 Å². The Morgan fingerprint density at radius 1 is 0.968 bits per heavy atom. The number of nitrogens with zero attached hydrogens (tertiary/aromatic N) is 2. The van der Waals surface area contributed by atoms with Gasteiger partial charge in [-0.25, -0.2) is 0 Å². The van der Waals surface area contributed by atoms with E-state index in [0.29, 0.717) is 5.92 Å². The third kappa shape index (κ3) is 13.0. The number of anilines is 1. The molecule has 0 atom stereocenters. The van der Waals surface area contributed by atoms with Gasteiger partial charge in [-0.05, 0) is 81.9 Å². The smallest absolute Gasteiger partial charge is 0.0831 e. The summed E-state index contributed by atoms with van der Waals surface area (Å²) in [6.45, 7) is 20.8. The highest BCUT2D eigenvalue weighted by Crippen LogP contribution is 2.18. The van der Waals surface area contributed by atoms with Crippen LogP contribution in [0.1, 0.15) is 95.3 Å². The van der Waals surface area contributed by atoms with Crippen LogP contribution >= 0.6 is 0 Å². The molecule has 1 aromatic heterocycles. The van der Waals surface area contributed by atoms with Gasteiger partial charge in [0.05, 0.1) is 17.1 Å². The molecule has 0 saturated heterocycles. The van der Waals surface area contributed by atoms with Gasteiger partial charge < -0.3 is 5.73 Å². The minimum atomic E-state index is 0.693. The molecule has 0 spiro atoms. The summed E-state index contributed by atoms with van der Waals surface area (Å²) in [7, 11) is 0. The molecule has 2 rings (SSSR count). The topological polar surface area (TPSA) is 51.8 Å². The standard InChI is InChI=1S/C11H19N3.C10H14.C7H14/c1-7(2)5-6-10-8(3)11(12)9(4)13-14-10;1-3-9-5-7-10(4-2)8-6-9;1-4-5-6-7(2)3/h7H,5-6H2,1-4H3,(H2,12,14);5-8H,3-4H2,1-2H3;2,4-6H2,1,3H3. The quantitative estimate of drug-likeness (QED) is 0.438. The summed E-state index contributed by atoms with van der Waals surface area (Å²) in [4.78, 5) is 0. The monoisotopic (exact) mass is 425 g/mol. The lowest BCUT2D eigenvalue weighted by atomic mass is 10.0. The molecule has 0 saturated carbocycles. The minimum absolute atomic E-state index is 0.693. The molecule has 0 radical (unpaired) electrons. The van der Waals surface area contributed by atoms with Gasteiger partial charge in [-0.3, -0.25) is 0 Å². The summed E-state index contributed by atoms with van der Waals surface area (Å²) in [6.07, 6.45) is 8.19. The van der Waals surface area contributed by atoms with Crippen LogP contribution in [0.4, 0.5) is 5.69 Å². The molecule has 3 nitrogen and oxygen atoms in total. The van der Waals surface area contributed by atoms with Crippen LogP contribution in [0.25, 0.3) is 0 Å². The van der Waals surface area contributed by atoms with E-state index in [9.17, 15) is 0 Å². The van der Waals surface area contributed by atoms with Crippen molar-refractivity contribution in [3.63, 3.8) is 0 Å². The van der Waals surface area contributed by atoms with E-state index in [2.05, 4.69) is 82.6 Å². The fourth-order valence-electron chi connectivity index (χ4n) is 2.84. The zero-order valence-corrected chi connectivity index (χ0v) is 21.5. The average Bonchev–Trinajstić information content (AvgIpc) is 2.76. The molecule has 0 aliphatic heterocycles. The third-order valence-electron chi connectivity index (χ3n) is 5.30. The first-order chi connectivity index (χ1) is 14.7. The molecule has 1 heterocycles. The van der Waals surface area contributed by atoms with E-state index in [1.54, 1.807) is 0 Å². The molecule has 31 heavy (non-hydrogen) atoms. The Hall–Kier alpha value is -2.16. The number of nitrogen functional groups attached to an aromatic ring is 1. The van der Waals surface area contributed by atoms with Crippen LogP contribution in [0.2, 0.25) is 0 Å². The lowest BCUT2D eigenvalue weighted by molar-refractivity contribution is 0.577. The van der Waals surface area contributed by atoms with E-state index in [1.807, 2.05) is 13.8 Å². The normalized spacial score (nSPS) is 10.1. The summed E-state index contributed by atoms with van der Waals surface area (Å²) in [5.74, 6) is 0.693. The number of allylic oxidation sites excluding steroid dienone is 1. The molecule has 0 bridgehead atoms. The van der Waals surface area contributed by atoms with Crippen LogP contribution < -0.4 is 5.73 Å². The van der Waals surface area contributed by atoms with E-state index in [-0.39, 0.29) is 0 Å². The van der Waals surface area contributed by atoms with Crippen molar-refractivity contribution < 1.29 is 0 Å². The molecule has 2 N–H and O–H groups in total. The molecule has 0 aliphatic rings. The Balaban J connectivity index is 0.000000465. The second-order valence-electron chi connectivity index (χ2n) is 8.79. The van der Waals surface area contributed by atoms with Gasteiger partial charge in [-0.15, -0.1) is 6.58 Å². The SMILES string of the molecule is C=C(C)CCCC.CCc1ccc(CC)cc1.Cc1nnc(CCC(C)C)c(C)c1N. The van der Waals surface area contributed by atoms with Crippen molar-refractivity contribution in [3.8, 4) is 0 Å². The fraction of sp³-hybridized carbons (Fsp3) is 0.571. The van der Waals surface area contributed by atoms with Crippen LogP contribution in [-0.4, -0.2) is 10.2 Å². The van der Waals surface area contributed by atoms with E-state index in [0.717, 1.165) is 48.3 Å². The molecular weight excluding hydrogens is 378 g/mol. The average molecular weight is 426 g/mol. The largest absolute Gasteiger partial charge is 0.397 e. The van der Waals surface area contributed by atoms with E-state index < -0.39 is 0 Å². The zero-order chi connectivity index (χ0) is 23.8. The highest BCUT2D eigenvalue weighted by molar-refractivity contribution is 5.50. The molecule has 1 aromatic carbocycles. The number of hydrogen-bond donors (Lipinski definition) is 1. The van der Waals surface area contributed by atoms with Crippen LogP contribution in [0.15, 0.2) is 36.4 Å². The second-order valence-corrected chi connectivity index (χ2v) is 8.79. The molecule has 0 amide bonds. The van der Waals surface area contributed by atoms with Crippen molar-refractivity contribution in [3.05, 3.63) is 64.5 Å². The highest BCUT2D eigenvalue weighted by Gasteiger charge is 2.07. The van der Waals surface area contributed by atoms with Gasteiger partial charge in [-0.2, -0.15) is 10.2 Å². The van der Waals surface area contributed by atoms with Crippen LogP contribution in [0.3, 0.4) is 0 Å². The first-order valence-electron chi connectivity index (χ1n) is 12.0. The van der Waals surface area contributed by atoms with E-state index in [4.69, 9.17) is 5.73 Å². The van der Waals surface area contributed by atoms with Crippen LogP contribution in [0, 0.1) is 19.8 Å². The summed E-state index contributed by atoms with van der Waals surface area (Å²) < 4.78 is 0. The van der Waals surface area contributed by atoms with Crippen LogP contribution in [-0.2, 0) is 19.3 Å².